The number of alkyl carbamates (subject to hydrolysis) is 1. The van der Waals surface area contributed by atoms with Crippen molar-refractivity contribution in [3.8, 4) is 5.75 Å². The highest BCUT2D eigenvalue weighted by atomic mass is 16.6. The van der Waals surface area contributed by atoms with E-state index in [2.05, 4.69) is 29.3 Å². The number of nitrogens with zero attached hydrogens (tertiary/aromatic N) is 1. The molecule has 2 saturated heterocycles. The lowest BCUT2D eigenvalue weighted by molar-refractivity contribution is -0.0787. The first-order chi connectivity index (χ1) is 12.3. The van der Waals surface area contributed by atoms with Gasteiger partial charge in [-0.05, 0) is 63.1 Å². The number of carbonyl (C=O) groups is 1. The molecular formula is C21H32N2O3. The van der Waals surface area contributed by atoms with Gasteiger partial charge in [-0.1, -0.05) is 19.1 Å². The fourth-order valence-corrected chi connectivity index (χ4v) is 4.21. The Morgan fingerprint density at radius 1 is 1.23 bits per heavy atom. The summed E-state index contributed by atoms with van der Waals surface area (Å²) in [5.74, 6) is 2.25. The van der Waals surface area contributed by atoms with E-state index in [1.165, 1.54) is 18.4 Å². The normalized spacial score (nSPS) is 28.2. The van der Waals surface area contributed by atoms with E-state index in [1.54, 1.807) is 7.11 Å². The zero-order chi connectivity index (χ0) is 18.9. The van der Waals surface area contributed by atoms with Crippen molar-refractivity contribution in [1.29, 1.82) is 0 Å². The van der Waals surface area contributed by atoms with Gasteiger partial charge in [-0.15, -0.1) is 0 Å². The van der Waals surface area contributed by atoms with Crippen molar-refractivity contribution in [1.82, 2.24) is 10.2 Å². The molecule has 1 aliphatic carbocycles. The van der Waals surface area contributed by atoms with Crippen LogP contribution in [0.15, 0.2) is 24.3 Å². The Balaban J connectivity index is 1.64. The van der Waals surface area contributed by atoms with Gasteiger partial charge in [0.25, 0.3) is 0 Å². The average molecular weight is 360 g/mol. The zero-order valence-corrected chi connectivity index (χ0v) is 16.6. The minimum atomic E-state index is -0.465. The van der Waals surface area contributed by atoms with E-state index < -0.39 is 5.60 Å². The molecule has 5 nitrogen and oxygen atoms in total. The summed E-state index contributed by atoms with van der Waals surface area (Å²) in [6.07, 6.45) is 2.23. The van der Waals surface area contributed by atoms with E-state index >= 15 is 0 Å². The molecule has 26 heavy (non-hydrogen) atoms. The second-order valence-corrected chi connectivity index (χ2v) is 8.71. The standard InChI is InChI=1S/C21H32N2O3/c1-14-16-10-17(11-16)23(13-15-6-8-18(25-5)9-7-15)19(14)12-22-20(24)26-21(2,3)4/h6-9,14,16-17,19H,10-13H2,1-5H3,(H,22,24)/t14-,16?,17?,19?/m1/s1. The Bertz CT molecular complexity index is 617. The summed E-state index contributed by atoms with van der Waals surface area (Å²) in [6, 6.07) is 9.27. The van der Waals surface area contributed by atoms with Crippen LogP contribution in [0.5, 0.6) is 5.75 Å². The number of ether oxygens (including phenoxy) is 2. The summed E-state index contributed by atoms with van der Waals surface area (Å²) in [4.78, 5) is 14.6. The van der Waals surface area contributed by atoms with Gasteiger partial charge in [-0.2, -0.15) is 0 Å². The van der Waals surface area contributed by atoms with Crippen LogP contribution in [0.2, 0.25) is 0 Å². The zero-order valence-electron chi connectivity index (χ0n) is 16.6. The quantitative estimate of drug-likeness (QED) is 0.867. The Labute approximate surface area is 157 Å². The minimum Gasteiger partial charge on any atom is -0.497 e. The lowest BCUT2D eigenvalue weighted by Gasteiger charge is -2.57. The second kappa shape index (κ2) is 7.47. The van der Waals surface area contributed by atoms with Gasteiger partial charge in [0.15, 0.2) is 0 Å². The van der Waals surface area contributed by atoms with E-state index in [0.717, 1.165) is 18.2 Å². The predicted molar refractivity (Wildman–Crippen MR) is 102 cm³/mol. The lowest BCUT2D eigenvalue weighted by atomic mass is 9.64. The number of amides is 1. The Morgan fingerprint density at radius 2 is 1.88 bits per heavy atom. The molecule has 144 valence electrons. The first-order valence-corrected chi connectivity index (χ1v) is 9.62. The molecule has 3 fully saturated rings. The highest BCUT2D eigenvalue weighted by Crippen LogP contribution is 2.46. The van der Waals surface area contributed by atoms with Crippen LogP contribution in [-0.4, -0.2) is 42.3 Å². The highest BCUT2D eigenvalue weighted by molar-refractivity contribution is 5.67. The van der Waals surface area contributed by atoms with Gasteiger partial charge in [0, 0.05) is 25.2 Å². The second-order valence-electron chi connectivity index (χ2n) is 8.71. The van der Waals surface area contributed by atoms with E-state index in [-0.39, 0.29) is 6.09 Å². The van der Waals surface area contributed by atoms with Gasteiger partial charge in [-0.25, -0.2) is 4.79 Å². The maximum Gasteiger partial charge on any atom is 0.407 e. The van der Waals surface area contributed by atoms with Crippen molar-refractivity contribution in [2.45, 2.75) is 64.8 Å². The van der Waals surface area contributed by atoms with Crippen LogP contribution in [0.3, 0.4) is 0 Å². The molecule has 5 heteroatoms. The Morgan fingerprint density at radius 3 is 2.46 bits per heavy atom. The van der Waals surface area contributed by atoms with Gasteiger partial charge in [0.05, 0.1) is 7.11 Å². The van der Waals surface area contributed by atoms with Crippen molar-refractivity contribution in [2.75, 3.05) is 13.7 Å². The Kier molecular flexibility index (Phi) is 5.47. The summed E-state index contributed by atoms with van der Waals surface area (Å²) >= 11 is 0. The molecule has 1 unspecified atom stereocenters. The number of rotatable bonds is 5. The maximum absolute atomic E-state index is 12.1. The molecular weight excluding hydrogens is 328 g/mol. The molecule has 1 N–H and O–H groups in total. The van der Waals surface area contributed by atoms with Gasteiger partial charge in [-0.3, -0.25) is 4.90 Å². The van der Waals surface area contributed by atoms with E-state index in [4.69, 9.17) is 9.47 Å². The molecule has 3 aliphatic rings. The maximum atomic E-state index is 12.1. The lowest BCUT2D eigenvalue weighted by Crippen LogP contribution is -2.63. The van der Waals surface area contributed by atoms with Crippen LogP contribution in [0.25, 0.3) is 0 Å². The molecule has 2 bridgehead atoms. The SMILES string of the molecule is COc1ccc(CN2C3CC(C3)[C@@H](C)C2CNC(=O)OC(C)(C)C)cc1. The number of piperidine rings is 2. The van der Waals surface area contributed by atoms with Crippen molar-refractivity contribution in [3.05, 3.63) is 29.8 Å². The topological polar surface area (TPSA) is 50.8 Å². The number of benzene rings is 1. The van der Waals surface area contributed by atoms with Gasteiger partial charge < -0.3 is 14.8 Å². The van der Waals surface area contributed by atoms with E-state index in [9.17, 15) is 4.79 Å². The third-order valence-electron chi connectivity index (χ3n) is 5.77. The molecule has 0 aromatic heterocycles. The first kappa shape index (κ1) is 19.0. The molecule has 2 heterocycles. The molecule has 1 aromatic rings. The van der Waals surface area contributed by atoms with Crippen LogP contribution in [0.1, 0.15) is 46.1 Å². The number of fused-ring (bicyclic) bond motifs is 2. The van der Waals surface area contributed by atoms with Crippen molar-refractivity contribution < 1.29 is 14.3 Å². The molecule has 4 rings (SSSR count). The average Bonchev–Trinajstić information content (AvgIpc) is 2.52. The molecule has 1 amide bonds. The highest BCUT2D eigenvalue weighted by Gasteiger charge is 2.48. The van der Waals surface area contributed by atoms with Crippen molar-refractivity contribution in [3.63, 3.8) is 0 Å². The molecule has 1 saturated carbocycles. The van der Waals surface area contributed by atoms with E-state index in [1.807, 2.05) is 32.9 Å². The van der Waals surface area contributed by atoms with E-state index in [0.29, 0.717) is 24.5 Å². The van der Waals surface area contributed by atoms with Gasteiger partial charge in [0.1, 0.15) is 11.4 Å². The van der Waals surface area contributed by atoms with Crippen molar-refractivity contribution >= 4 is 6.09 Å². The molecule has 1 aromatic carbocycles. The van der Waals surface area contributed by atoms with Gasteiger partial charge >= 0.3 is 6.09 Å². The number of hydrogen-bond acceptors (Lipinski definition) is 4. The van der Waals surface area contributed by atoms with Crippen LogP contribution in [0.4, 0.5) is 4.79 Å². The predicted octanol–water partition coefficient (Wildman–Crippen LogP) is 3.82. The third-order valence-corrected chi connectivity index (χ3v) is 5.77. The summed E-state index contributed by atoms with van der Waals surface area (Å²) in [5.41, 5.74) is 0.818. The summed E-state index contributed by atoms with van der Waals surface area (Å²) < 4.78 is 10.7. The Hall–Kier alpha value is -1.75. The minimum absolute atomic E-state index is 0.326. The molecule has 2 aliphatic heterocycles. The third kappa shape index (κ3) is 4.32. The molecule has 2 atom stereocenters. The fraction of sp³-hybridized carbons (Fsp3) is 0.667. The van der Waals surface area contributed by atoms with Crippen molar-refractivity contribution in [2.24, 2.45) is 11.8 Å². The van der Waals surface area contributed by atoms with Crippen LogP contribution >= 0.6 is 0 Å². The summed E-state index contributed by atoms with van der Waals surface area (Å²) in [6.45, 7) is 9.54. The summed E-state index contributed by atoms with van der Waals surface area (Å²) in [7, 11) is 1.69. The number of nitrogens with one attached hydrogen (secondary N) is 1. The smallest absolute Gasteiger partial charge is 0.407 e. The van der Waals surface area contributed by atoms with Crippen LogP contribution in [0, 0.1) is 11.8 Å². The molecule has 0 radical (unpaired) electrons. The first-order valence-electron chi connectivity index (χ1n) is 9.62. The molecule has 0 spiro atoms. The fourth-order valence-electron chi connectivity index (χ4n) is 4.21. The largest absolute Gasteiger partial charge is 0.497 e. The monoisotopic (exact) mass is 360 g/mol. The van der Waals surface area contributed by atoms with Crippen LogP contribution < -0.4 is 10.1 Å². The number of hydrogen-bond donors (Lipinski definition) is 1. The van der Waals surface area contributed by atoms with Crippen LogP contribution in [-0.2, 0) is 11.3 Å². The summed E-state index contributed by atoms with van der Waals surface area (Å²) in [5, 5.41) is 2.99. The van der Waals surface area contributed by atoms with Gasteiger partial charge in [0.2, 0.25) is 0 Å². The number of carbonyl (C=O) groups excluding carboxylic acids is 1. The number of methoxy groups -OCH3 is 1.